The Labute approximate surface area is 87.0 Å². The molecule has 0 radical (unpaired) electrons. The Kier molecular flexibility index (Phi) is 4.05. The summed E-state index contributed by atoms with van der Waals surface area (Å²) in [6.07, 6.45) is 0.0675. The van der Waals surface area contributed by atoms with Crippen LogP contribution in [0.5, 0.6) is 5.75 Å². The maximum absolute atomic E-state index is 13.3. The summed E-state index contributed by atoms with van der Waals surface area (Å²) < 4.78 is 18.3. The van der Waals surface area contributed by atoms with Gasteiger partial charge < -0.3 is 16.2 Å². The van der Waals surface area contributed by atoms with Crippen LogP contribution in [0.15, 0.2) is 18.2 Å². The molecular formula is C10H13FN2O2. The fourth-order valence-electron chi connectivity index (χ4n) is 1.05. The molecule has 5 heteroatoms. The van der Waals surface area contributed by atoms with E-state index in [1.807, 2.05) is 0 Å². The van der Waals surface area contributed by atoms with Crippen LogP contribution in [0.2, 0.25) is 0 Å². The Morgan fingerprint density at radius 3 is 2.73 bits per heavy atom. The van der Waals surface area contributed by atoms with Crippen LogP contribution in [0.25, 0.3) is 0 Å². The topological polar surface area (TPSA) is 78.3 Å². The molecular weight excluding hydrogens is 199 g/mol. The average molecular weight is 212 g/mol. The van der Waals surface area contributed by atoms with E-state index in [4.69, 9.17) is 16.2 Å². The largest absolute Gasteiger partial charge is 0.490 e. The van der Waals surface area contributed by atoms with Gasteiger partial charge >= 0.3 is 0 Å². The van der Waals surface area contributed by atoms with Crippen LogP contribution in [-0.4, -0.2) is 12.5 Å². The zero-order chi connectivity index (χ0) is 11.3. The number of hydrogen-bond donors (Lipinski definition) is 2. The molecule has 0 saturated heterocycles. The molecule has 0 spiro atoms. The van der Waals surface area contributed by atoms with Crippen LogP contribution in [0.1, 0.15) is 12.0 Å². The van der Waals surface area contributed by atoms with Gasteiger partial charge in [0.2, 0.25) is 5.91 Å². The highest BCUT2D eigenvalue weighted by Gasteiger charge is 2.04. The van der Waals surface area contributed by atoms with E-state index < -0.39 is 11.7 Å². The number of rotatable bonds is 5. The summed E-state index contributed by atoms with van der Waals surface area (Å²) in [4.78, 5) is 10.4. The second-order valence-corrected chi connectivity index (χ2v) is 3.03. The first-order valence-corrected chi connectivity index (χ1v) is 4.53. The Morgan fingerprint density at radius 1 is 1.47 bits per heavy atom. The summed E-state index contributed by atoms with van der Waals surface area (Å²) in [5.74, 6) is -0.857. The lowest BCUT2D eigenvalue weighted by Gasteiger charge is -2.06. The van der Waals surface area contributed by atoms with Crippen molar-refractivity contribution in [2.75, 3.05) is 6.61 Å². The van der Waals surface area contributed by atoms with Gasteiger partial charge in [-0.15, -0.1) is 0 Å². The fraction of sp³-hybridized carbons (Fsp3) is 0.300. The average Bonchev–Trinajstić information content (AvgIpc) is 2.20. The van der Waals surface area contributed by atoms with E-state index >= 15 is 0 Å². The van der Waals surface area contributed by atoms with Crippen LogP contribution >= 0.6 is 0 Å². The Bertz CT molecular complexity index is 355. The number of benzene rings is 1. The van der Waals surface area contributed by atoms with E-state index in [2.05, 4.69) is 0 Å². The molecule has 0 saturated carbocycles. The number of ether oxygens (including phenoxy) is 1. The molecule has 82 valence electrons. The van der Waals surface area contributed by atoms with Crippen LogP contribution in [0, 0.1) is 5.82 Å². The Balaban J connectivity index is 2.58. The minimum absolute atomic E-state index is 0.0675. The molecule has 1 aromatic carbocycles. The number of primary amides is 1. The monoisotopic (exact) mass is 212 g/mol. The van der Waals surface area contributed by atoms with Crippen molar-refractivity contribution in [3.05, 3.63) is 29.6 Å². The maximum Gasteiger partial charge on any atom is 0.220 e. The number of carbonyl (C=O) groups is 1. The molecule has 15 heavy (non-hydrogen) atoms. The smallest absolute Gasteiger partial charge is 0.220 e. The first-order chi connectivity index (χ1) is 7.13. The third-order valence-corrected chi connectivity index (χ3v) is 1.84. The van der Waals surface area contributed by atoms with Crippen molar-refractivity contribution in [1.82, 2.24) is 0 Å². The van der Waals surface area contributed by atoms with Gasteiger partial charge in [0.05, 0.1) is 13.0 Å². The van der Waals surface area contributed by atoms with E-state index in [1.54, 1.807) is 6.07 Å². The van der Waals surface area contributed by atoms with Crippen molar-refractivity contribution in [3.63, 3.8) is 0 Å². The van der Waals surface area contributed by atoms with Crippen molar-refractivity contribution in [2.45, 2.75) is 13.0 Å². The number of nitrogens with two attached hydrogens (primary N) is 2. The molecule has 4 N–H and O–H groups in total. The van der Waals surface area contributed by atoms with Gasteiger partial charge in [-0.1, -0.05) is 6.07 Å². The van der Waals surface area contributed by atoms with Crippen molar-refractivity contribution >= 4 is 5.91 Å². The Hall–Kier alpha value is -1.62. The molecule has 0 aromatic heterocycles. The number of amides is 1. The van der Waals surface area contributed by atoms with Gasteiger partial charge in [0.25, 0.3) is 0 Å². The predicted octanol–water partition coefficient (Wildman–Crippen LogP) is 0.539. The third kappa shape index (κ3) is 3.55. The van der Waals surface area contributed by atoms with Crippen molar-refractivity contribution < 1.29 is 13.9 Å². The van der Waals surface area contributed by atoms with Gasteiger partial charge in [0, 0.05) is 6.54 Å². The number of carbonyl (C=O) groups excluding carboxylic acids is 1. The second-order valence-electron chi connectivity index (χ2n) is 3.03. The fourth-order valence-corrected chi connectivity index (χ4v) is 1.05. The minimum atomic E-state index is -0.484. The maximum atomic E-state index is 13.3. The summed E-state index contributed by atoms with van der Waals surface area (Å²) in [6.45, 7) is 0.354. The van der Waals surface area contributed by atoms with Crippen LogP contribution in [0.4, 0.5) is 4.39 Å². The lowest BCUT2D eigenvalue weighted by atomic mass is 10.2. The molecule has 0 atom stereocenters. The van der Waals surface area contributed by atoms with Gasteiger partial charge in [0.1, 0.15) is 0 Å². The van der Waals surface area contributed by atoms with Gasteiger partial charge in [-0.05, 0) is 17.7 Å². The SMILES string of the molecule is NCc1ccc(OCCC(N)=O)c(F)c1. The molecule has 0 heterocycles. The second kappa shape index (κ2) is 5.31. The molecule has 0 aliphatic carbocycles. The predicted molar refractivity (Wildman–Crippen MR) is 53.6 cm³/mol. The zero-order valence-electron chi connectivity index (χ0n) is 8.20. The van der Waals surface area contributed by atoms with Crippen LogP contribution in [0.3, 0.4) is 0 Å². The van der Waals surface area contributed by atoms with E-state index in [1.165, 1.54) is 12.1 Å². The first-order valence-electron chi connectivity index (χ1n) is 4.53. The summed E-state index contributed by atoms with van der Waals surface area (Å²) in [6, 6.07) is 4.46. The standard InChI is InChI=1S/C10H13FN2O2/c11-8-5-7(6-12)1-2-9(8)15-4-3-10(13)14/h1-2,5H,3-4,6,12H2,(H2,13,14). The highest BCUT2D eigenvalue weighted by Crippen LogP contribution is 2.18. The van der Waals surface area contributed by atoms with E-state index in [0.717, 1.165) is 0 Å². The normalized spacial score (nSPS) is 10.0. The summed E-state index contributed by atoms with van der Waals surface area (Å²) >= 11 is 0. The summed E-state index contributed by atoms with van der Waals surface area (Å²) in [5.41, 5.74) is 10.9. The lowest BCUT2D eigenvalue weighted by Crippen LogP contribution is -2.14. The van der Waals surface area contributed by atoms with Gasteiger partial charge in [-0.2, -0.15) is 0 Å². The van der Waals surface area contributed by atoms with Crippen LogP contribution < -0.4 is 16.2 Å². The number of halogens is 1. The van der Waals surface area contributed by atoms with E-state index in [9.17, 15) is 9.18 Å². The summed E-state index contributed by atoms with van der Waals surface area (Å²) in [7, 11) is 0. The molecule has 0 fully saturated rings. The lowest BCUT2D eigenvalue weighted by molar-refractivity contribution is -0.118. The number of hydrogen-bond acceptors (Lipinski definition) is 3. The highest BCUT2D eigenvalue weighted by atomic mass is 19.1. The van der Waals surface area contributed by atoms with Gasteiger partial charge in [-0.25, -0.2) is 4.39 Å². The highest BCUT2D eigenvalue weighted by molar-refractivity contribution is 5.73. The molecule has 0 unspecified atom stereocenters. The first kappa shape index (κ1) is 11.5. The Morgan fingerprint density at radius 2 is 2.20 bits per heavy atom. The van der Waals surface area contributed by atoms with Crippen molar-refractivity contribution in [3.8, 4) is 5.75 Å². The third-order valence-electron chi connectivity index (χ3n) is 1.84. The van der Waals surface area contributed by atoms with Crippen molar-refractivity contribution in [2.24, 2.45) is 11.5 Å². The minimum Gasteiger partial charge on any atom is -0.490 e. The van der Waals surface area contributed by atoms with Crippen molar-refractivity contribution in [1.29, 1.82) is 0 Å². The zero-order valence-corrected chi connectivity index (χ0v) is 8.20. The molecule has 0 bridgehead atoms. The molecule has 1 amide bonds. The quantitative estimate of drug-likeness (QED) is 0.747. The summed E-state index contributed by atoms with van der Waals surface area (Å²) in [5, 5.41) is 0. The molecule has 0 aliphatic rings. The molecule has 0 aliphatic heterocycles. The molecule has 1 aromatic rings. The van der Waals surface area contributed by atoms with E-state index in [0.29, 0.717) is 5.56 Å². The van der Waals surface area contributed by atoms with E-state index in [-0.39, 0.29) is 25.3 Å². The molecule has 1 rings (SSSR count). The van der Waals surface area contributed by atoms with Gasteiger partial charge in [0.15, 0.2) is 11.6 Å². The van der Waals surface area contributed by atoms with Crippen LogP contribution in [-0.2, 0) is 11.3 Å². The van der Waals surface area contributed by atoms with Gasteiger partial charge in [-0.3, -0.25) is 4.79 Å². The molecule has 4 nitrogen and oxygen atoms in total.